The van der Waals surface area contributed by atoms with Crippen LogP contribution < -0.4 is 0 Å². The summed E-state index contributed by atoms with van der Waals surface area (Å²) in [6.45, 7) is 3.11. The second-order valence-electron chi connectivity index (χ2n) is 5.94. The predicted molar refractivity (Wildman–Crippen MR) is 83.1 cm³/mol. The Morgan fingerprint density at radius 2 is 2.22 bits per heavy atom. The van der Waals surface area contributed by atoms with Gasteiger partial charge in [-0.05, 0) is 31.9 Å². The van der Waals surface area contributed by atoms with Crippen LogP contribution in [0.15, 0.2) is 39.3 Å². The molecule has 118 valence electrons. The maximum absolute atomic E-state index is 12.5. The minimum absolute atomic E-state index is 0.115. The van der Waals surface area contributed by atoms with Crippen LogP contribution >= 0.6 is 0 Å². The molecular weight excluding hydrogens is 294 g/mol. The molecule has 1 amide bonds. The largest absolute Gasteiger partial charge is 0.440 e. The third kappa shape index (κ3) is 2.60. The molecule has 23 heavy (non-hydrogen) atoms. The van der Waals surface area contributed by atoms with Gasteiger partial charge in [-0.1, -0.05) is 17.3 Å². The van der Waals surface area contributed by atoms with Crippen molar-refractivity contribution in [3.63, 3.8) is 0 Å². The third-order valence-corrected chi connectivity index (χ3v) is 4.21. The number of aryl methyl sites for hydroxylation is 1. The Hall–Kier alpha value is -2.63. The minimum atomic E-state index is -0.119. The first kappa shape index (κ1) is 14.0. The zero-order valence-electron chi connectivity index (χ0n) is 12.9. The summed E-state index contributed by atoms with van der Waals surface area (Å²) in [7, 11) is 0. The number of nitrogens with zero attached hydrogens (tertiary/aromatic N) is 3. The van der Waals surface area contributed by atoms with Gasteiger partial charge in [0.1, 0.15) is 5.52 Å². The maximum Gasteiger partial charge on any atom is 0.292 e. The lowest BCUT2D eigenvalue weighted by Gasteiger charge is -2.30. The molecule has 6 heteroatoms. The van der Waals surface area contributed by atoms with Crippen LogP contribution in [0.2, 0.25) is 0 Å². The number of hydrogen-bond donors (Lipinski definition) is 0. The molecule has 1 atom stereocenters. The van der Waals surface area contributed by atoms with Crippen LogP contribution in [0.1, 0.15) is 40.9 Å². The number of rotatable bonds is 2. The van der Waals surface area contributed by atoms with Crippen molar-refractivity contribution >= 4 is 17.0 Å². The number of carbonyl (C=O) groups excluding carboxylic acids is 1. The molecule has 1 aliphatic heterocycles. The molecule has 0 radical (unpaired) electrons. The zero-order chi connectivity index (χ0) is 15.8. The molecule has 0 saturated carbocycles. The first-order valence-corrected chi connectivity index (χ1v) is 7.79. The van der Waals surface area contributed by atoms with Crippen molar-refractivity contribution in [1.29, 1.82) is 0 Å². The highest BCUT2D eigenvalue weighted by molar-refractivity contribution is 5.91. The first-order chi connectivity index (χ1) is 11.2. The Balaban J connectivity index is 1.55. The number of aromatic nitrogens is 2. The number of oxazole rings is 1. The van der Waals surface area contributed by atoms with Crippen LogP contribution in [0.3, 0.4) is 0 Å². The van der Waals surface area contributed by atoms with Gasteiger partial charge in [0.2, 0.25) is 5.76 Å². The Kier molecular flexibility index (Phi) is 3.37. The lowest BCUT2D eigenvalue weighted by Crippen LogP contribution is -2.39. The second-order valence-corrected chi connectivity index (χ2v) is 5.94. The van der Waals surface area contributed by atoms with E-state index in [0.717, 1.165) is 30.5 Å². The summed E-state index contributed by atoms with van der Waals surface area (Å²) in [6.07, 6.45) is 1.88. The van der Waals surface area contributed by atoms with Crippen molar-refractivity contribution in [1.82, 2.24) is 15.0 Å². The second kappa shape index (κ2) is 5.53. The van der Waals surface area contributed by atoms with Gasteiger partial charge in [0, 0.05) is 19.2 Å². The van der Waals surface area contributed by atoms with Gasteiger partial charge in [0.15, 0.2) is 11.5 Å². The van der Waals surface area contributed by atoms with E-state index < -0.39 is 0 Å². The van der Waals surface area contributed by atoms with Gasteiger partial charge in [-0.25, -0.2) is 4.98 Å². The molecule has 0 N–H and O–H groups in total. The Morgan fingerprint density at radius 1 is 1.35 bits per heavy atom. The number of fused-ring (bicyclic) bond motifs is 1. The third-order valence-electron chi connectivity index (χ3n) is 4.21. The number of amides is 1. The van der Waals surface area contributed by atoms with Gasteiger partial charge >= 0.3 is 0 Å². The van der Waals surface area contributed by atoms with E-state index in [1.165, 1.54) is 0 Å². The summed E-state index contributed by atoms with van der Waals surface area (Å²) in [5, 5.41) is 3.79. The van der Waals surface area contributed by atoms with Crippen molar-refractivity contribution in [3.05, 3.63) is 47.7 Å². The minimum Gasteiger partial charge on any atom is -0.440 e. The highest BCUT2D eigenvalue weighted by atomic mass is 16.5. The topological polar surface area (TPSA) is 72.4 Å². The SMILES string of the molecule is Cc1cc(C(=O)N2CCCC(c3nc4ccccc4o3)C2)on1. The Labute approximate surface area is 133 Å². The van der Waals surface area contributed by atoms with Crippen molar-refractivity contribution < 1.29 is 13.7 Å². The summed E-state index contributed by atoms with van der Waals surface area (Å²) in [5.74, 6) is 0.994. The lowest BCUT2D eigenvalue weighted by molar-refractivity contribution is 0.0657. The van der Waals surface area contributed by atoms with E-state index in [1.807, 2.05) is 24.3 Å². The summed E-state index contributed by atoms with van der Waals surface area (Å²) < 4.78 is 10.9. The number of piperidine rings is 1. The summed E-state index contributed by atoms with van der Waals surface area (Å²) in [6, 6.07) is 9.39. The molecule has 0 bridgehead atoms. The molecule has 1 aromatic carbocycles. The molecule has 2 aromatic heterocycles. The van der Waals surface area contributed by atoms with Gasteiger partial charge in [-0.15, -0.1) is 0 Å². The average Bonchev–Trinajstić information content (AvgIpc) is 3.20. The van der Waals surface area contributed by atoms with Crippen molar-refractivity contribution in [3.8, 4) is 0 Å². The molecule has 6 nitrogen and oxygen atoms in total. The lowest BCUT2D eigenvalue weighted by atomic mass is 9.98. The van der Waals surface area contributed by atoms with Crippen LogP contribution in [0.25, 0.3) is 11.1 Å². The van der Waals surface area contributed by atoms with E-state index in [9.17, 15) is 4.79 Å². The van der Waals surface area contributed by atoms with E-state index >= 15 is 0 Å². The van der Waals surface area contributed by atoms with Crippen LogP contribution in [-0.2, 0) is 0 Å². The summed E-state index contributed by atoms with van der Waals surface area (Å²) in [5.41, 5.74) is 2.36. The average molecular weight is 311 g/mol. The van der Waals surface area contributed by atoms with Crippen LogP contribution in [0, 0.1) is 6.92 Å². The first-order valence-electron chi connectivity index (χ1n) is 7.79. The van der Waals surface area contributed by atoms with Crippen LogP contribution in [-0.4, -0.2) is 34.0 Å². The zero-order valence-corrected chi connectivity index (χ0v) is 12.9. The fourth-order valence-electron chi connectivity index (χ4n) is 3.05. The molecular formula is C17H17N3O3. The molecule has 0 spiro atoms. The smallest absolute Gasteiger partial charge is 0.292 e. The number of carbonyl (C=O) groups is 1. The van der Waals surface area contributed by atoms with Crippen molar-refractivity contribution in [2.24, 2.45) is 0 Å². The van der Waals surface area contributed by atoms with Gasteiger partial charge in [0.25, 0.3) is 5.91 Å². The van der Waals surface area contributed by atoms with Gasteiger partial charge in [-0.3, -0.25) is 4.79 Å². The molecule has 1 aliphatic rings. The van der Waals surface area contributed by atoms with Crippen LogP contribution in [0.4, 0.5) is 0 Å². The van der Waals surface area contributed by atoms with E-state index in [1.54, 1.807) is 17.9 Å². The number of benzene rings is 1. The quantitative estimate of drug-likeness (QED) is 0.727. The molecule has 3 heterocycles. The fourth-order valence-corrected chi connectivity index (χ4v) is 3.05. The maximum atomic E-state index is 12.5. The normalized spacial score (nSPS) is 18.5. The Morgan fingerprint density at radius 3 is 3.00 bits per heavy atom. The number of para-hydroxylation sites is 2. The summed E-state index contributed by atoms with van der Waals surface area (Å²) in [4.78, 5) is 18.9. The fraction of sp³-hybridized carbons (Fsp3) is 0.353. The van der Waals surface area contributed by atoms with Crippen molar-refractivity contribution in [2.75, 3.05) is 13.1 Å². The Bertz CT molecular complexity index is 819. The molecule has 4 rings (SSSR count). The van der Waals surface area contributed by atoms with E-state index in [0.29, 0.717) is 23.9 Å². The van der Waals surface area contributed by atoms with Gasteiger partial charge in [0.05, 0.1) is 11.6 Å². The van der Waals surface area contributed by atoms with E-state index in [-0.39, 0.29) is 11.8 Å². The molecule has 3 aromatic rings. The van der Waals surface area contributed by atoms with E-state index in [2.05, 4.69) is 10.1 Å². The molecule has 1 unspecified atom stereocenters. The standard InChI is InChI=1S/C17H17N3O3/c1-11-9-15(23-19-11)17(21)20-8-4-5-12(10-20)16-18-13-6-2-3-7-14(13)22-16/h2-3,6-7,9,12H,4-5,8,10H2,1H3. The highest BCUT2D eigenvalue weighted by Crippen LogP contribution is 2.29. The number of hydrogen-bond acceptors (Lipinski definition) is 5. The van der Waals surface area contributed by atoms with Gasteiger partial charge in [-0.2, -0.15) is 0 Å². The summed E-state index contributed by atoms with van der Waals surface area (Å²) >= 11 is 0. The van der Waals surface area contributed by atoms with Crippen LogP contribution in [0.5, 0.6) is 0 Å². The molecule has 0 aliphatic carbocycles. The predicted octanol–water partition coefficient (Wildman–Crippen LogP) is 3.14. The highest BCUT2D eigenvalue weighted by Gasteiger charge is 2.30. The van der Waals surface area contributed by atoms with E-state index in [4.69, 9.17) is 8.94 Å². The monoisotopic (exact) mass is 311 g/mol. The molecule has 1 saturated heterocycles. The van der Waals surface area contributed by atoms with Gasteiger partial charge < -0.3 is 13.8 Å². The van der Waals surface area contributed by atoms with Crippen molar-refractivity contribution in [2.45, 2.75) is 25.7 Å². The molecule has 1 fully saturated rings. The number of likely N-dealkylation sites (tertiary alicyclic amines) is 1.